The highest BCUT2D eigenvalue weighted by Crippen LogP contribution is 2.36. The van der Waals surface area contributed by atoms with Crippen LogP contribution in [0.3, 0.4) is 0 Å². The number of fused-ring (bicyclic) bond motifs is 5. The molecule has 1 aliphatic heterocycles. The zero-order valence-electron chi connectivity index (χ0n) is 33.9. The van der Waals surface area contributed by atoms with E-state index in [1.807, 2.05) is 103 Å². The number of benzene rings is 7. The first kappa shape index (κ1) is 37.0. The molecule has 0 aliphatic carbocycles. The molecule has 9 heteroatoms. The summed E-state index contributed by atoms with van der Waals surface area (Å²) in [5, 5.41) is 7.67. The van der Waals surface area contributed by atoms with Crippen molar-refractivity contribution in [3.05, 3.63) is 198 Å². The van der Waals surface area contributed by atoms with Gasteiger partial charge in [-0.3, -0.25) is 4.79 Å². The summed E-state index contributed by atoms with van der Waals surface area (Å²) < 4.78 is 7.62. The molecule has 0 fully saturated rings. The smallest absolute Gasteiger partial charge is 0.274 e. The second-order valence-electron chi connectivity index (χ2n) is 15.6. The van der Waals surface area contributed by atoms with Crippen LogP contribution in [0.25, 0.3) is 66.6 Å². The first-order valence-corrected chi connectivity index (χ1v) is 20.7. The number of nitrogens with zero attached hydrogens (tertiary/aromatic N) is 7. The molecule has 11 rings (SSSR count). The fourth-order valence-electron chi connectivity index (χ4n) is 8.63. The summed E-state index contributed by atoms with van der Waals surface area (Å²) in [6.07, 6.45) is 1.27. The van der Waals surface area contributed by atoms with E-state index in [0.717, 1.165) is 94.8 Å². The van der Waals surface area contributed by atoms with Crippen LogP contribution in [-0.2, 0) is 13.0 Å². The molecule has 0 bridgehead atoms. The van der Waals surface area contributed by atoms with Crippen LogP contribution in [0.4, 0.5) is 0 Å². The van der Waals surface area contributed by atoms with Crippen molar-refractivity contribution in [3.63, 3.8) is 0 Å². The van der Waals surface area contributed by atoms with E-state index in [4.69, 9.17) is 29.8 Å². The van der Waals surface area contributed by atoms with Gasteiger partial charge in [-0.15, -0.1) is 0 Å². The van der Waals surface area contributed by atoms with Crippen molar-refractivity contribution in [2.45, 2.75) is 25.4 Å². The summed E-state index contributed by atoms with van der Waals surface area (Å²) in [5.74, 6) is 0.618. The topological polar surface area (TPSA) is 98.4 Å². The maximum Gasteiger partial charge on any atom is 0.274 e. The summed E-state index contributed by atoms with van der Waals surface area (Å²) in [7, 11) is 1.65. The molecule has 62 heavy (non-hydrogen) atoms. The van der Waals surface area contributed by atoms with Gasteiger partial charge < -0.3 is 9.30 Å². The van der Waals surface area contributed by atoms with Crippen LogP contribution in [0.15, 0.2) is 181 Å². The molecular formula is C53H39N7O2. The molecule has 4 heterocycles. The highest BCUT2D eigenvalue weighted by atomic mass is 16.5. The zero-order chi connectivity index (χ0) is 41.6. The number of para-hydroxylation sites is 1. The molecule has 0 saturated carbocycles. The minimum absolute atomic E-state index is 0.143. The van der Waals surface area contributed by atoms with Gasteiger partial charge in [-0.25, -0.2) is 24.9 Å². The predicted octanol–water partition coefficient (Wildman–Crippen LogP) is 11.3. The Bertz CT molecular complexity index is 3330. The highest BCUT2D eigenvalue weighted by molar-refractivity contribution is 6.07. The lowest BCUT2D eigenvalue weighted by Crippen LogP contribution is -2.27. The number of hydrazone groups is 1. The second kappa shape index (κ2) is 15.5. The molecule has 1 aliphatic rings. The molecule has 0 radical (unpaired) electrons. The Labute approximate surface area is 357 Å². The van der Waals surface area contributed by atoms with Gasteiger partial charge in [0.05, 0.1) is 64.4 Å². The SMILES string of the molecule is COc1ccc(C2CC(Cn3c4ccccc4c4nc5cc(Cc6ccc7nc(-c8ccccc8)c(-c8ccccc8)nc7c6)ccc5nc43)=NN2C(=O)c2ccccc2)cc1. The number of carbonyl (C=O) groups is 1. The largest absolute Gasteiger partial charge is 0.497 e. The van der Waals surface area contributed by atoms with Gasteiger partial charge in [0.1, 0.15) is 11.3 Å². The van der Waals surface area contributed by atoms with Crippen molar-refractivity contribution in [2.75, 3.05) is 7.11 Å². The first-order valence-electron chi connectivity index (χ1n) is 20.7. The first-order chi connectivity index (χ1) is 30.6. The van der Waals surface area contributed by atoms with Gasteiger partial charge in [-0.2, -0.15) is 5.10 Å². The van der Waals surface area contributed by atoms with Crippen LogP contribution >= 0.6 is 0 Å². The lowest BCUT2D eigenvalue weighted by atomic mass is 10.0. The number of carbonyl (C=O) groups excluding carboxylic acids is 1. The summed E-state index contributed by atoms with van der Waals surface area (Å²) in [6, 6.07) is 58.4. The molecule has 0 N–H and O–H groups in total. The third-order valence-electron chi connectivity index (χ3n) is 11.7. The Balaban J connectivity index is 0.928. The van der Waals surface area contributed by atoms with Crippen molar-refractivity contribution in [1.82, 2.24) is 29.5 Å². The fourth-order valence-corrected chi connectivity index (χ4v) is 8.63. The van der Waals surface area contributed by atoms with Crippen LogP contribution in [0.5, 0.6) is 5.75 Å². The fraction of sp³-hybridized carbons (Fsp3) is 0.0943. The predicted molar refractivity (Wildman–Crippen MR) is 246 cm³/mol. The second-order valence-corrected chi connectivity index (χ2v) is 15.6. The Morgan fingerprint density at radius 2 is 1.19 bits per heavy atom. The molecule has 1 unspecified atom stereocenters. The number of rotatable bonds is 9. The lowest BCUT2D eigenvalue weighted by Gasteiger charge is -2.22. The highest BCUT2D eigenvalue weighted by Gasteiger charge is 2.34. The molecule has 9 nitrogen and oxygen atoms in total. The third kappa shape index (κ3) is 6.79. The molecule has 7 aromatic carbocycles. The minimum atomic E-state index is -0.269. The Kier molecular flexibility index (Phi) is 9.27. The molecule has 1 amide bonds. The Morgan fingerprint density at radius 3 is 1.85 bits per heavy atom. The number of ether oxygens (including phenoxy) is 1. The van der Waals surface area contributed by atoms with E-state index >= 15 is 0 Å². The summed E-state index contributed by atoms with van der Waals surface area (Å²) in [4.78, 5) is 34.8. The summed E-state index contributed by atoms with van der Waals surface area (Å²) >= 11 is 0. The maximum absolute atomic E-state index is 14.0. The Morgan fingerprint density at radius 1 is 0.613 bits per heavy atom. The van der Waals surface area contributed by atoms with Gasteiger partial charge in [0, 0.05) is 28.5 Å². The standard InChI is InChI=1S/C53H39N7O2/c1-62-41-25-23-36(24-26-41)48-32-40(58-60(48)53(61)39-17-9-4-10-18-39)33-59-47-20-12-11-19-42(47)51-52(59)57-44-28-22-35(31-46(44)56-51)29-34-21-27-43-45(30-34)55-50(38-15-7-3-8-16-38)49(54-43)37-13-5-2-6-14-37/h2-28,30-31,48H,29,32-33H2,1H3. The van der Waals surface area contributed by atoms with Crippen LogP contribution in [0, 0.1) is 0 Å². The quantitative estimate of drug-likeness (QED) is 0.144. The zero-order valence-corrected chi connectivity index (χ0v) is 33.9. The maximum atomic E-state index is 14.0. The van der Waals surface area contributed by atoms with Crippen molar-refractivity contribution in [2.24, 2.45) is 5.10 Å². The van der Waals surface area contributed by atoms with E-state index < -0.39 is 0 Å². The van der Waals surface area contributed by atoms with Gasteiger partial charge in [0.15, 0.2) is 5.65 Å². The van der Waals surface area contributed by atoms with Gasteiger partial charge in [-0.1, -0.05) is 121 Å². The number of amides is 1. The summed E-state index contributed by atoms with van der Waals surface area (Å²) in [6.45, 7) is 0.456. The van der Waals surface area contributed by atoms with E-state index in [0.29, 0.717) is 24.9 Å². The molecule has 0 saturated heterocycles. The number of hydrogen-bond acceptors (Lipinski definition) is 7. The molecule has 0 spiro atoms. The molecule has 3 aromatic heterocycles. The molecule has 10 aromatic rings. The minimum Gasteiger partial charge on any atom is -0.497 e. The van der Waals surface area contributed by atoms with Crippen molar-refractivity contribution >= 4 is 55.8 Å². The molecular weight excluding hydrogens is 767 g/mol. The number of hydrogen-bond donors (Lipinski definition) is 0. The van der Waals surface area contributed by atoms with E-state index in [9.17, 15) is 4.79 Å². The average molecular weight is 806 g/mol. The van der Waals surface area contributed by atoms with Gasteiger partial charge >= 0.3 is 0 Å². The van der Waals surface area contributed by atoms with E-state index in [2.05, 4.69) is 77.4 Å². The van der Waals surface area contributed by atoms with Gasteiger partial charge in [0.2, 0.25) is 0 Å². The van der Waals surface area contributed by atoms with Gasteiger partial charge in [-0.05, 0) is 77.7 Å². The van der Waals surface area contributed by atoms with Crippen LogP contribution in [0.1, 0.15) is 39.5 Å². The number of methoxy groups -OCH3 is 1. The normalized spacial score (nSPS) is 13.9. The van der Waals surface area contributed by atoms with Crippen LogP contribution < -0.4 is 4.74 Å². The van der Waals surface area contributed by atoms with Crippen molar-refractivity contribution < 1.29 is 9.53 Å². The lowest BCUT2D eigenvalue weighted by molar-refractivity contribution is 0.0711. The average Bonchev–Trinajstić information content (AvgIpc) is 3.89. The van der Waals surface area contributed by atoms with E-state index in [-0.39, 0.29) is 11.9 Å². The molecule has 1 atom stereocenters. The molecule has 298 valence electrons. The van der Waals surface area contributed by atoms with E-state index in [1.54, 1.807) is 12.1 Å². The van der Waals surface area contributed by atoms with Crippen molar-refractivity contribution in [1.29, 1.82) is 0 Å². The number of aromatic nitrogens is 5. The van der Waals surface area contributed by atoms with E-state index in [1.165, 1.54) is 0 Å². The van der Waals surface area contributed by atoms with Crippen LogP contribution in [-0.4, -0.2) is 48.2 Å². The third-order valence-corrected chi connectivity index (χ3v) is 11.7. The van der Waals surface area contributed by atoms with Crippen molar-refractivity contribution in [3.8, 4) is 28.3 Å². The van der Waals surface area contributed by atoms with Crippen LogP contribution in [0.2, 0.25) is 0 Å². The monoisotopic (exact) mass is 805 g/mol. The Hall–Kier alpha value is -8.04. The summed E-state index contributed by atoms with van der Waals surface area (Å²) in [5.41, 5.74) is 14.5. The van der Waals surface area contributed by atoms with Gasteiger partial charge in [0.25, 0.3) is 5.91 Å².